The summed E-state index contributed by atoms with van der Waals surface area (Å²) in [5, 5.41) is 24.6. The summed E-state index contributed by atoms with van der Waals surface area (Å²) >= 11 is 6.22. The molecule has 1 heterocycles. The van der Waals surface area contributed by atoms with Gasteiger partial charge in [0.15, 0.2) is 0 Å². The Bertz CT molecular complexity index is 1510. The number of nitrogens with two attached hydrogens (primary N) is 1. The molecule has 10 heteroatoms. The van der Waals surface area contributed by atoms with Crippen LogP contribution in [0.15, 0.2) is 66.9 Å². The molecule has 196 valence electrons. The van der Waals surface area contributed by atoms with E-state index < -0.39 is 5.97 Å². The largest absolute Gasteiger partial charge is 0.480 e. The zero-order valence-electron chi connectivity index (χ0n) is 21.1. The van der Waals surface area contributed by atoms with Gasteiger partial charge in [-0.2, -0.15) is 0 Å². The summed E-state index contributed by atoms with van der Waals surface area (Å²) in [6.45, 7) is 0.879. The smallest absolute Gasteiger partial charge is 0.323 e. The first-order valence-corrected chi connectivity index (χ1v) is 12.3. The lowest BCUT2D eigenvalue weighted by Gasteiger charge is -2.15. The van der Waals surface area contributed by atoms with Crippen LogP contribution in [-0.2, 0) is 24.4 Å². The number of carbonyl (C=O) groups excluding carboxylic acids is 1. The molecular weight excluding hydrogens is 504 g/mol. The van der Waals surface area contributed by atoms with E-state index in [1.165, 1.54) is 0 Å². The molecule has 6 N–H and O–H groups in total. The highest BCUT2D eigenvalue weighted by Crippen LogP contribution is 2.28. The SMILES string of the molecule is CN(C)Cc1cn(CC(=O)O)c2c(CNc3ccc(Cl)cc3C(=O)Nc3ccc(C(=N)N)cc3)cccc12. The highest BCUT2D eigenvalue weighted by Gasteiger charge is 2.17. The predicted octanol–water partition coefficient (Wildman–Crippen LogP) is 4.59. The van der Waals surface area contributed by atoms with Crippen LogP contribution < -0.4 is 16.4 Å². The summed E-state index contributed by atoms with van der Waals surface area (Å²) in [6, 6.07) is 17.6. The maximum Gasteiger partial charge on any atom is 0.323 e. The van der Waals surface area contributed by atoms with Crippen LogP contribution >= 0.6 is 11.6 Å². The topological polar surface area (TPSA) is 136 Å². The number of aliphatic carboxylic acids is 1. The van der Waals surface area contributed by atoms with Crippen LogP contribution in [-0.4, -0.2) is 46.4 Å². The van der Waals surface area contributed by atoms with E-state index >= 15 is 0 Å². The second kappa shape index (κ2) is 11.4. The van der Waals surface area contributed by atoms with Gasteiger partial charge in [0.1, 0.15) is 12.4 Å². The van der Waals surface area contributed by atoms with Crippen molar-refractivity contribution in [1.82, 2.24) is 9.47 Å². The van der Waals surface area contributed by atoms with Crippen molar-refractivity contribution < 1.29 is 14.7 Å². The van der Waals surface area contributed by atoms with Gasteiger partial charge in [0.25, 0.3) is 5.91 Å². The third-order valence-electron chi connectivity index (χ3n) is 6.01. The molecule has 0 aliphatic carbocycles. The number of aromatic nitrogens is 1. The van der Waals surface area contributed by atoms with Gasteiger partial charge in [-0.1, -0.05) is 29.8 Å². The van der Waals surface area contributed by atoms with Crippen molar-refractivity contribution in [1.29, 1.82) is 5.41 Å². The van der Waals surface area contributed by atoms with E-state index in [2.05, 4.69) is 10.6 Å². The van der Waals surface area contributed by atoms with Gasteiger partial charge in [-0.3, -0.25) is 15.0 Å². The van der Waals surface area contributed by atoms with Gasteiger partial charge in [-0.15, -0.1) is 0 Å². The Kier molecular flexibility index (Phi) is 7.99. The molecule has 0 bridgehead atoms. The fourth-order valence-electron chi connectivity index (χ4n) is 4.37. The number of carboxylic acid groups (broad SMARTS) is 1. The van der Waals surface area contributed by atoms with Crippen LogP contribution in [0, 0.1) is 5.41 Å². The molecule has 0 unspecified atom stereocenters. The van der Waals surface area contributed by atoms with Gasteiger partial charge >= 0.3 is 5.97 Å². The van der Waals surface area contributed by atoms with Crippen LogP contribution in [0.2, 0.25) is 5.02 Å². The van der Waals surface area contributed by atoms with Gasteiger partial charge in [0.2, 0.25) is 0 Å². The molecule has 0 spiro atoms. The molecule has 0 fully saturated rings. The Morgan fingerprint density at radius 3 is 2.47 bits per heavy atom. The molecule has 1 amide bonds. The lowest BCUT2D eigenvalue weighted by Crippen LogP contribution is -2.16. The minimum atomic E-state index is -0.922. The number of anilines is 2. The molecule has 3 aromatic carbocycles. The summed E-state index contributed by atoms with van der Waals surface area (Å²) in [7, 11) is 3.94. The van der Waals surface area contributed by atoms with E-state index in [1.807, 2.05) is 43.4 Å². The number of halogens is 1. The maximum atomic E-state index is 13.2. The Hall–Kier alpha value is -4.34. The number of amides is 1. The van der Waals surface area contributed by atoms with Crippen molar-refractivity contribution >= 4 is 51.6 Å². The van der Waals surface area contributed by atoms with Gasteiger partial charge in [0.05, 0.1) is 11.1 Å². The predicted molar refractivity (Wildman–Crippen MR) is 151 cm³/mol. The van der Waals surface area contributed by atoms with E-state index in [1.54, 1.807) is 47.0 Å². The number of fused-ring (bicyclic) bond motifs is 1. The Balaban J connectivity index is 1.62. The molecule has 0 saturated carbocycles. The summed E-state index contributed by atoms with van der Waals surface area (Å²) < 4.78 is 1.76. The Morgan fingerprint density at radius 2 is 1.82 bits per heavy atom. The Morgan fingerprint density at radius 1 is 1.08 bits per heavy atom. The number of carbonyl (C=O) groups is 2. The average molecular weight is 533 g/mol. The van der Waals surface area contributed by atoms with Crippen LogP contribution in [0.1, 0.15) is 27.0 Å². The van der Waals surface area contributed by atoms with E-state index in [9.17, 15) is 14.7 Å². The number of carboxylic acids is 1. The van der Waals surface area contributed by atoms with E-state index in [4.69, 9.17) is 22.7 Å². The third kappa shape index (κ3) is 6.13. The van der Waals surface area contributed by atoms with E-state index in [-0.39, 0.29) is 18.3 Å². The van der Waals surface area contributed by atoms with Gasteiger partial charge in [-0.05, 0) is 67.7 Å². The third-order valence-corrected chi connectivity index (χ3v) is 6.24. The number of hydrogen-bond acceptors (Lipinski definition) is 5. The van der Waals surface area contributed by atoms with Crippen LogP contribution in [0.3, 0.4) is 0 Å². The fraction of sp³-hybridized carbons (Fsp3) is 0.179. The van der Waals surface area contributed by atoms with Gasteiger partial charge in [0, 0.05) is 46.6 Å². The summed E-state index contributed by atoms with van der Waals surface area (Å²) in [4.78, 5) is 26.8. The van der Waals surface area contributed by atoms with Gasteiger partial charge < -0.3 is 30.9 Å². The number of nitrogen functional groups attached to an aromatic ring is 1. The molecule has 0 aliphatic rings. The first-order valence-electron chi connectivity index (χ1n) is 11.9. The van der Waals surface area contributed by atoms with Crippen molar-refractivity contribution in [3.8, 4) is 0 Å². The fourth-order valence-corrected chi connectivity index (χ4v) is 4.54. The number of amidine groups is 1. The normalized spacial score (nSPS) is 11.1. The maximum absolute atomic E-state index is 13.2. The van der Waals surface area contributed by atoms with Crippen LogP contribution in [0.5, 0.6) is 0 Å². The highest BCUT2D eigenvalue weighted by molar-refractivity contribution is 6.31. The summed E-state index contributed by atoms with van der Waals surface area (Å²) in [5.41, 5.74) is 10.3. The number of para-hydroxylation sites is 1. The van der Waals surface area contributed by atoms with Crippen molar-refractivity contribution in [3.63, 3.8) is 0 Å². The summed E-state index contributed by atoms with van der Waals surface area (Å²) in [5.74, 6) is -1.33. The minimum absolute atomic E-state index is 0.0532. The highest BCUT2D eigenvalue weighted by atomic mass is 35.5. The van der Waals surface area contributed by atoms with Crippen molar-refractivity contribution in [2.24, 2.45) is 5.73 Å². The first kappa shape index (κ1) is 26.7. The average Bonchev–Trinajstić information content (AvgIpc) is 3.19. The van der Waals surface area contributed by atoms with Crippen LogP contribution in [0.25, 0.3) is 10.9 Å². The number of nitrogens with one attached hydrogen (secondary N) is 3. The monoisotopic (exact) mass is 532 g/mol. The zero-order valence-corrected chi connectivity index (χ0v) is 21.8. The Labute approximate surface area is 225 Å². The molecule has 0 radical (unpaired) electrons. The number of nitrogens with zero attached hydrogens (tertiary/aromatic N) is 2. The van der Waals surface area contributed by atoms with Crippen molar-refractivity contribution in [3.05, 3.63) is 94.1 Å². The molecular formula is C28H29ClN6O3. The number of hydrogen-bond donors (Lipinski definition) is 5. The molecule has 38 heavy (non-hydrogen) atoms. The summed E-state index contributed by atoms with van der Waals surface area (Å²) in [6.07, 6.45) is 1.89. The zero-order chi connectivity index (χ0) is 27.4. The molecule has 4 rings (SSSR count). The second-order valence-electron chi connectivity index (χ2n) is 9.22. The molecule has 0 saturated heterocycles. The van der Waals surface area contributed by atoms with E-state index in [0.717, 1.165) is 22.0 Å². The van der Waals surface area contributed by atoms with Crippen molar-refractivity contribution in [2.45, 2.75) is 19.6 Å². The molecule has 0 aliphatic heterocycles. The molecule has 4 aromatic rings. The quantitative estimate of drug-likeness (QED) is 0.150. The number of rotatable bonds is 10. The molecule has 9 nitrogen and oxygen atoms in total. The minimum Gasteiger partial charge on any atom is -0.480 e. The van der Waals surface area contributed by atoms with Crippen LogP contribution in [0.4, 0.5) is 11.4 Å². The first-order chi connectivity index (χ1) is 18.1. The molecule has 1 aromatic heterocycles. The number of benzene rings is 3. The van der Waals surface area contributed by atoms with E-state index in [0.29, 0.717) is 40.6 Å². The lowest BCUT2D eigenvalue weighted by molar-refractivity contribution is -0.137. The second-order valence-corrected chi connectivity index (χ2v) is 9.65. The van der Waals surface area contributed by atoms with Crippen molar-refractivity contribution in [2.75, 3.05) is 24.7 Å². The molecule has 0 atom stereocenters. The van der Waals surface area contributed by atoms with Gasteiger partial charge in [-0.25, -0.2) is 0 Å². The standard InChI is InChI=1S/C28H29ClN6O3/c1-34(2)14-19-15-35(16-25(36)37)26-18(4-3-5-22(19)26)13-32-24-11-8-20(29)12-23(24)28(38)33-21-9-6-17(7-10-21)27(30)31/h3-12,15,32H,13-14,16H2,1-2H3,(H3,30,31)(H,33,38)(H,36,37). The lowest BCUT2D eigenvalue weighted by atomic mass is 10.1.